The summed E-state index contributed by atoms with van der Waals surface area (Å²) in [5, 5.41) is 1.37. The van der Waals surface area contributed by atoms with Crippen LogP contribution in [-0.2, 0) is 6.42 Å². The zero-order valence-corrected chi connectivity index (χ0v) is 15.9. The average molecular weight is 359 g/mol. The second-order valence-electron chi connectivity index (χ2n) is 5.63. The van der Waals surface area contributed by atoms with Gasteiger partial charge in [0.1, 0.15) is 0 Å². The monoisotopic (exact) mass is 358 g/mol. The SMILES string of the molecule is Br.CCCCCCCCCCCCc1ccccc1P. The van der Waals surface area contributed by atoms with E-state index in [1.165, 1.54) is 81.5 Å². The molecule has 1 atom stereocenters. The van der Waals surface area contributed by atoms with E-state index < -0.39 is 0 Å². The van der Waals surface area contributed by atoms with Crippen molar-refractivity contribution >= 4 is 31.5 Å². The maximum atomic E-state index is 2.85. The van der Waals surface area contributed by atoms with Gasteiger partial charge in [-0.05, 0) is 23.7 Å². The number of hydrogen-bond donors (Lipinski definition) is 0. The molecule has 0 radical (unpaired) electrons. The summed E-state index contributed by atoms with van der Waals surface area (Å²) < 4.78 is 0. The highest BCUT2D eigenvalue weighted by Crippen LogP contribution is 2.12. The van der Waals surface area contributed by atoms with Gasteiger partial charge in [-0.2, -0.15) is 0 Å². The maximum absolute atomic E-state index is 2.85. The standard InChI is InChI=1S/C18H31P.BrH/c1-2-3-4-5-6-7-8-9-10-11-14-17-15-12-13-16-18(17)19;/h12-13,15-16H,2-11,14,19H2,1H3;1H. The van der Waals surface area contributed by atoms with Gasteiger partial charge in [0.05, 0.1) is 0 Å². The molecule has 1 unspecified atom stereocenters. The summed E-state index contributed by atoms with van der Waals surface area (Å²) >= 11 is 0. The molecule has 0 N–H and O–H groups in total. The normalized spacial score (nSPS) is 10.3. The van der Waals surface area contributed by atoms with Gasteiger partial charge in [-0.15, -0.1) is 26.2 Å². The summed E-state index contributed by atoms with van der Waals surface area (Å²) in [5.41, 5.74) is 1.51. The van der Waals surface area contributed by atoms with Gasteiger partial charge in [-0.25, -0.2) is 0 Å². The molecule has 0 fully saturated rings. The zero-order valence-electron chi connectivity index (χ0n) is 13.1. The van der Waals surface area contributed by atoms with Crippen LogP contribution in [0.2, 0.25) is 0 Å². The van der Waals surface area contributed by atoms with E-state index in [1.54, 1.807) is 0 Å². The van der Waals surface area contributed by atoms with Gasteiger partial charge < -0.3 is 0 Å². The van der Waals surface area contributed by atoms with Gasteiger partial charge in [0.2, 0.25) is 0 Å². The van der Waals surface area contributed by atoms with Crippen molar-refractivity contribution in [2.75, 3.05) is 0 Å². The van der Waals surface area contributed by atoms with Gasteiger partial charge >= 0.3 is 0 Å². The zero-order chi connectivity index (χ0) is 13.8. The maximum Gasteiger partial charge on any atom is -0.0271 e. The highest BCUT2D eigenvalue weighted by atomic mass is 79.9. The van der Waals surface area contributed by atoms with Crippen LogP contribution in [0, 0.1) is 0 Å². The number of hydrogen-bond acceptors (Lipinski definition) is 0. The molecule has 0 aliphatic rings. The Balaban J connectivity index is 0.00000361. The Morgan fingerprint density at radius 2 is 1.25 bits per heavy atom. The fraction of sp³-hybridized carbons (Fsp3) is 0.667. The van der Waals surface area contributed by atoms with Crippen LogP contribution in [0.5, 0.6) is 0 Å². The molecule has 0 heterocycles. The number of halogens is 1. The fourth-order valence-electron chi connectivity index (χ4n) is 2.56. The molecule has 0 aromatic heterocycles. The summed E-state index contributed by atoms with van der Waals surface area (Å²) in [5.74, 6) is 0. The van der Waals surface area contributed by atoms with E-state index >= 15 is 0 Å². The third-order valence-corrected chi connectivity index (χ3v) is 4.42. The molecular weight excluding hydrogens is 327 g/mol. The summed E-state index contributed by atoms with van der Waals surface area (Å²) in [6.45, 7) is 2.28. The summed E-state index contributed by atoms with van der Waals surface area (Å²) in [6.07, 6.45) is 15.4. The third kappa shape index (κ3) is 9.94. The molecule has 116 valence electrons. The van der Waals surface area contributed by atoms with Gasteiger partial charge in [0.25, 0.3) is 0 Å². The predicted molar refractivity (Wildman–Crippen MR) is 102 cm³/mol. The Morgan fingerprint density at radius 1 is 0.750 bits per heavy atom. The molecule has 0 amide bonds. The van der Waals surface area contributed by atoms with Crippen molar-refractivity contribution < 1.29 is 0 Å². The first-order chi connectivity index (χ1) is 9.34. The molecule has 0 aliphatic carbocycles. The van der Waals surface area contributed by atoms with Crippen LogP contribution < -0.4 is 5.30 Å². The first-order valence-electron chi connectivity index (χ1n) is 8.18. The van der Waals surface area contributed by atoms with E-state index in [9.17, 15) is 0 Å². The largest absolute Gasteiger partial charge is 0.114 e. The van der Waals surface area contributed by atoms with Crippen LogP contribution in [0.4, 0.5) is 0 Å². The van der Waals surface area contributed by atoms with Crippen LogP contribution >= 0.6 is 26.2 Å². The van der Waals surface area contributed by atoms with Crippen molar-refractivity contribution in [3.8, 4) is 0 Å². The summed E-state index contributed by atoms with van der Waals surface area (Å²) in [4.78, 5) is 0. The van der Waals surface area contributed by atoms with E-state index in [0.29, 0.717) is 0 Å². The van der Waals surface area contributed by atoms with E-state index in [0.717, 1.165) is 0 Å². The van der Waals surface area contributed by atoms with Crippen molar-refractivity contribution in [3.63, 3.8) is 0 Å². The van der Waals surface area contributed by atoms with Gasteiger partial charge in [-0.1, -0.05) is 89.0 Å². The second kappa shape index (κ2) is 14.1. The van der Waals surface area contributed by atoms with Crippen LogP contribution in [0.15, 0.2) is 24.3 Å². The van der Waals surface area contributed by atoms with Gasteiger partial charge in [0.15, 0.2) is 0 Å². The topological polar surface area (TPSA) is 0 Å². The van der Waals surface area contributed by atoms with Crippen LogP contribution in [0.25, 0.3) is 0 Å². The number of rotatable bonds is 11. The summed E-state index contributed by atoms with van der Waals surface area (Å²) in [6, 6.07) is 8.72. The first-order valence-corrected chi connectivity index (χ1v) is 8.75. The first kappa shape index (κ1) is 20.1. The average Bonchev–Trinajstić information content (AvgIpc) is 2.43. The number of aryl methyl sites for hydroxylation is 1. The molecule has 0 aliphatic heterocycles. The minimum absolute atomic E-state index is 0. The lowest BCUT2D eigenvalue weighted by atomic mass is 10.0. The fourth-order valence-corrected chi connectivity index (χ4v) is 2.92. The molecule has 0 saturated heterocycles. The van der Waals surface area contributed by atoms with Crippen molar-refractivity contribution in [2.24, 2.45) is 0 Å². The van der Waals surface area contributed by atoms with Crippen molar-refractivity contribution in [1.29, 1.82) is 0 Å². The molecule has 2 heteroatoms. The van der Waals surface area contributed by atoms with E-state index in [2.05, 4.69) is 40.4 Å². The Hall–Kier alpha value is 0.130. The molecule has 0 saturated carbocycles. The molecule has 1 aromatic carbocycles. The predicted octanol–water partition coefficient (Wildman–Crippen LogP) is 6.23. The lowest BCUT2D eigenvalue weighted by Crippen LogP contribution is -2.00. The van der Waals surface area contributed by atoms with Crippen molar-refractivity contribution in [1.82, 2.24) is 0 Å². The quantitative estimate of drug-likeness (QED) is 0.325. The Labute approximate surface area is 139 Å². The molecule has 1 rings (SSSR count). The lowest BCUT2D eigenvalue weighted by Gasteiger charge is -2.05. The Morgan fingerprint density at radius 3 is 1.80 bits per heavy atom. The molecule has 20 heavy (non-hydrogen) atoms. The highest BCUT2D eigenvalue weighted by Gasteiger charge is 1.97. The Bertz CT molecular complexity index is 325. The Kier molecular flexibility index (Phi) is 14.2. The minimum Gasteiger partial charge on any atom is -0.114 e. The van der Waals surface area contributed by atoms with E-state index in [-0.39, 0.29) is 17.0 Å². The van der Waals surface area contributed by atoms with Crippen molar-refractivity contribution in [2.45, 2.75) is 77.6 Å². The van der Waals surface area contributed by atoms with Gasteiger partial charge in [0, 0.05) is 0 Å². The second-order valence-corrected chi connectivity index (χ2v) is 6.25. The number of benzene rings is 1. The van der Waals surface area contributed by atoms with Crippen LogP contribution in [0.3, 0.4) is 0 Å². The third-order valence-electron chi connectivity index (χ3n) is 3.85. The van der Waals surface area contributed by atoms with Crippen LogP contribution in [0.1, 0.15) is 76.7 Å². The molecule has 0 nitrogen and oxygen atoms in total. The van der Waals surface area contributed by atoms with Crippen molar-refractivity contribution in [3.05, 3.63) is 29.8 Å². The molecule has 0 spiro atoms. The minimum atomic E-state index is 0. The molecule has 1 aromatic rings. The molecule has 0 bridgehead atoms. The van der Waals surface area contributed by atoms with E-state index in [1.807, 2.05) is 0 Å². The number of unbranched alkanes of at least 4 members (excludes halogenated alkanes) is 9. The smallest absolute Gasteiger partial charge is 0.0271 e. The van der Waals surface area contributed by atoms with Gasteiger partial charge in [-0.3, -0.25) is 0 Å². The molecular formula is C18H32BrP. The summed E-state index contributed by atoms with van der Waals surface area (Å²) in [7, 11) is 2.85. The lowest BCUT2D eigenvalue weighted by molar-refractivity contribution is 0.556. The highest BCUT2D eigenvalue weighted by molar-refractivity contribution is 8.93. The van der Waals surface area contributed by atoms with E-state index in [4.69, 9.17) is 0 Å². The van der Waals surface area contributed by atoms with Crippen LogP contribution in [-0.4, -0.2) is 0 Å².